The third kappa shape index (κ3) is 3.77. The van der Waals surface area contributed by atoms with Crippen molar-refractivity contribution in [2.45, 2.75) is 26.3 Å². The molecule has 0 unspecified atom stereocenters. The van der Waals surface area contributed by atoms with Crippen LogP contribution in [0.25, 0.3) is 9.75 Å². The van der Waals surface area contributed by atoms with Gasteiger partial charge in [0.1, 0.15) is 0 Å². The van der Waals surface area contributed by atoms with Crippen molar-refractivity contribution in [3.05, 3.63) is 34.5 Å². The summed E-state index contributed by atoms with van der Waals surface area (Å²) in [5.74, 6) is 0.0828. The zero-order valence-corrected chi connectivity index (χ0v) is 14.4. The van der Waals surface area contributed by atoms with Crippen molar-refractivity contribution in [1.82, 2.24) is 4.90 Å². The summed E-state index contributed by atoms with van der Waals surface area (Å²) >= 11 is 3.67. The molecule has 0 atom stereocenters. The van der Waals surface area contributed by atoms with E-state index in [4.69, 9.17) is 4.74 Å². The first-order chi connectivity index (χ1) is 10.8. The van der Waals surface area contributed by atoms with Gasteiger partial charge in [0, 0.05) is 21.2 Å². The molecule has 0 aliphatic carbocycles. The van der Waals surface area contributed by atoms with Crippen LogP contribution in [0.15, 0.2) is 29.6 Å². The molecule has 0 amide bonds. The molecule has 22 heavy (non-hydrogen) atoms. The lowest BCUT2D eigenvalue weighted by Crippen LogP contribution is -2.36. The van der Waals surface area contributed by atoms with Crippen LogP contribution in [0.4, 0.5) is 0 Å². The van der Waals surface area contributed by atoms with E-state index in [1.807, 2.05) is 18.3 Å². The lowest BCUT2D eigenvalue weighted by molar-refractivity contribution is -0.149. The molecule has 1 saturated heterocycles. The van der Waals surface area contributed by atoms with Gasteiger partial charge in [-0.05, 0) is 56.4 Å². The fourth-order valence-electron chi connectivity index (χ4n) is 2.82. The van der Waals surface area contributed by atoms with Crippen LogP contribution < -0.4 is 0 Å². The minimum absolute atomic E-state index is 0.0155. The van der Waals surface area contributed by atoms with Crippen LogP contribution in [0.5, 0.6) is 0 Å². The molecule has 3 rings (SSSR count). The van der Waals surface area contributed by atoms with Crippen molar-refractivity contribution < 1.29 is 9.53 Å². The molecular formula is C17H21NO2S2. The monoisotopic (exact) mass is 335 g/mol. The minimum atomic E-state index is -0.0155. The molecule has 0 bridgehead atoms. The first kappa shape index (κ1) is 15.7. The summed E-state index contributed by atoms with van der Waals surface area (Å²) in [7, 11) is 0. The summed E-state index contributed by atoms with van der Waals surface area (Å²) < 4.78 is 5.13. The van der Waals surface area contributed by atoms with Crippen LogP contribution in [-0.2, 0) is 16.1 Å². The van der Waals surface area contributed by atoms with E-state index < -0.39 is 0 Å². The number of carbonyl (C=O) groups is 1. The fraction of sp³-hybridized carbons (Fsp3) is 0.471. The number of likely N-dealkylation sites (tertiary alicyclic amines) is 1. The van der Waals surface area contributed by atoms with Gasteiger partial charge in [-0.3, -0.25) is 9.69 Å². The molecule has 0 saturated carbocycles. The van der Waals surface area contributed by atoms with Crippen molar-refractivity contribution in [2.24, 2.45) is 5.92 Å². The number of thiophene rings is 2. The Bertz CT molecular complexity index is 598. The van der Waals surface area contributed by atoms with Crippen LogP contribution in [0.1, 0.15) is 24.6 Å². The predicted molar refractivity (Wildman–Crippen MR) is 92.3 cm³/mol. The van der Waals surface area contributed by atoms with Crippen molar-refractivity contribution in [2.75, 3.05) is 19.7 Å². The van der Waals surface area contributed by atoms with Gasteiger partial charge in [0.05, 0.1) is 12.5 Å². The lowest BCUT2D eigenvalue weighted by Gasteiger charge is -2.30. The predicted octanol–water partition coefficient (Wildman–Crippen LogP) is 4.25. The zero-order valence-electron chi connectivity index (χ0n) is 12.8. The number of carbonyl (C=O) groups excluding carboxylic acids is 1. The molecule has 3 nitrogen and oxygen atoms in total. The van der Waals surface area contributed by atoms with Gasteiger partial charge in [0.25, 0.3) is 0 Å². The first-order valence-electron chi connectivity index (χ1n) is 7.78. The Hall–Kier alpha value is -1.17. The number of piperidine rings is 1. The molecule has 3 heterocycles. The molecule has 1 aliphatic heterocycles. The van der Waals surface area contributed by atoms with Gasteiger partial charge in [-0.2, -0.15) is 0 Å². The maximum absolute atomic E-state index is 11.8. The quantitative estimate of drug-likeness (QED) is 0.765. The standard InChI is InChI=1S/C17H21NO2S2/c1-2-20-17(19)13-7-9-18(10-8-13)12-14-5-6-16(22-14)15-4-3-11-21-15/h3-6,11,13H,2,7-10,12H2,1H3. The molecule has 1 fully saturated rings. The molecule has 0 aromatic carbocycles. The van der Waals surface area contributed by atoms with Gasteiger partial charge in [-0.1, -0.05) is 6.07 Å². The smallest absolute Gasteiger partial charge is 0.309 e. The van der Waals surface area contributed by atoms with E-state index in [9.17, 15) is 4.79 Å². The average molecular weight is 335 g/mol. The molecule has 5 heteroatoms. The summed E-state index contributed by atoms with van der Waals surface area (Å²) in [6, 6.07) is 8.72. The van der Waals surface area contributed by atoms with Gasteiger partial charge in [-0.25, -0.2) is 0 Å². The van der Waals surface area contributed by atoms with E-state index in [0.29, 0.717) is 6.61 Å². The highest BCUT2D eigenvalue weighted by Crippen LogP contribution is 2.32. The van der Waals surface area contributed by atoms with Crippen LogP contribution in [-0.4, -0.2) is 30.6 Å². The topological polar surface area (TPSA) is 29.5 Å². The maximum atomic E-state index is 11.8. The number of hydrogen-bond acceptors (Lipinski definition) is 5. The summed E-state index contributed by atoms with van der Waals surface area (Å²) in [4.78, 5) is 18.3. The number of hydrogen-bond donors (Lipinski definition) is 0. The highest BCUT2D eigenvalue weighted by atomic mass is 32.1. The van der Waals surface area contributed by atoms with Crippen LogP contribution in [0.3, 0.4) is 0 Å². The van der Waals surface area contributed by atoms with E-state index in [2.05, 4.69) is 34.5 Å². The van der Waals surface area contributed by atoms with Gasteiger partial charge in [0.15, 0.2) is 0 Å². The Kier molecular flexibility index (Phi) is 5.28. The average Bonchev–Trinajstić information content (AvgIpc) is 3.19. The van der Waals surface area contributed by atoms with E-state index >= 15 is 0 Å². The Morgan fingerprint density at radius 2 is 2.09 bits per heavy atom. The van der Waals surface area contributed by atoms with E-state index in [0.717, 1.165) is 32.5 Å². The third-order valence-electron chi connectivity index (χ3n) is 4.01. The van der Waals surface area contributed by atoms with E-state index in [-0.39, 0.29) is 11.9 Å². The Morgan fingerprint density at radius 1 is 1.27 bits per heavy atom. The molecular weight excluding hydrogens is 314 g/mol. The van der Waals surface area contributed by atoms with Crippen LogP contribution in [0.2, 0.25) is 0 Å². The Balaban J connectivity index is 1.52. The SMILES string of the molecule is CCOC(=O)C1CCN(Cc2ccc(-c3cccs3)s2)CC1. The second-order valence-corrected chi connectivity index (χ2v) is 7.66. The van der Waals surface area contributed by atoms with Crippen LogP contribution in [0, 0.1) is 5.92 Å². The van der Waals surface area contributed by atoms with E-state index in [1.54, 1.807) is 11.3 Å². The van der Waals surface area contributed by atoms with Crippen LogP contribution >= 0.6 is 22.7 Å². The minimum Gasteiger partial charge on any atom is -0.466 e. The zero-order chi connectivity index (χ0) is 15.4. The number of rotatable bonds is 5. The molecule has 0 radical (unpaired) electrons. The largest absolute Gasteiger partial charge is 0.466 e. The van der Waals surface area contributed by atoms with Crippen molar-refractivity contribution in [3.63, 3.8) is 0 Å². The molecule has 0 N–H and O–H groups in total. The second kappa shape index (κ2) is 7.40. The molecule has 2 aromatic heterocycles. The lowest BCUT2D eigenvalue weighted by atomic mass is 9.97. The molecule has 118 valence electrons. The second-order valence-electron chi connectivity index (χ2n) is 5.55. The molecule has 0 spiro atoms. The summed E-state index contributed by atoms with van der Waals surface area (Å²) in [5.41, 5.74) is 0. The molecule has 1 aliphatic rings. The number of ether oxygens (including phenoxy) is 1. The fourth-order valence-corrected chi connectivity index (χ4v) is 4.71. The summed E-state index contributed by atoms with van der Waals surface area (Å²) in [6.07, 6.45) is 1.84. The van der Waals surface area contributed by atoms with Gasteiger partial charge < -0.3 is 4.74 Å². The summed E-state index contributed by atoms with van der Waals surface area (Å²) in [5, 5.41) is 2.12. The highest BCUT2D eigenvalue weighted by Gasteiger charge is 2.26. The summed E-state index contributed by atoms with van der Waals surface area (Å²) in [6.45, 7) is 5.31. The maximum Gasteiger partial charge on any atom is 0.309 e. The highest BCUT2D eigenvalue weighted by molar-refractivity contribution is 7.21. The van der Waals surface area contributed by atoms with Gasteiger partial charge in [-0.15, -0.1) is 22.7 Å². The van der Waals surface area contributed by atoms with Crippen molar-refractivity contribution >= 4 is 28.6 Å². The normalized spacial score (nSPS) is 16.8. The number of nitrogens with zero attached hydrogens (tertiary/aromatic N) is 1. The Labute approximate surface area is 139 Å². The number of esters is 1. The van der Waals surface area contributed by atoms with Gasteiger partial charge in [0.2, 0.25) is 0 Å². The van der Waals surface area contributed by atoms with Crippen molar-refractivity contribution in [3.8, 4) is 9.75 Å². The van der Waals surface area contributed by atoms with E-state index in [1.165, 1.54) is 14.6 Å². The Morgan fingerprint density at radius 3 is 2.77 bits per heavy atom. The van der Waals surface area contributed by atoms with Gasteiger partial charge >= 0.3 is 5.97 Å². The molecule has 2 aromatic rings. The first-order valence-corrected chi connectivity index (χ1v) is 9.47. The van der Waals surface area contributed by atoms with Crippen molar-refractivity contribution in [1.29, 1.82) is 0 Å². The third-order valence-corrected chi connectivity index (χ3v) is 6.15.